The molecule has 0 radical (unpaired) electrons. The Labute approximate surface area is 117 Å². The third kappa shape index (κ3) is 3.97. The number of carboxylic acid groups (broad SMARTS) is 1. The molecule has 0 aromatic heterocycles. The van der Waals surface area contributed by atoms with Crippen LogP contribution < -0.4 is 0 Å². The Morgan fingerprint density at radius 1 is 1.62 bits per heavy atom. The van der Waals surface area contributed by atoms with Crippen LogP contribution in [0, 0.1) is 0 Å². The van der Waals surface area contributed by atoms with E-state index >= 15 is 0 Å². The van der Waals surface area contributed by atoms with Crippen LogP contribution >= 0.6 is 35.7 Å². The Bertz CT molecular complexity index is 340. The zero-order valence-corrected chi connectivity index (χ0v) is 13.0. The molecule has 0 amide bonds. The van der Waals surface area contributed by atoms with Crippen LogP contribution in [0.5, 0.6) is 0 Å². The summed E-state index contributed by atoms with van der Waals surface area (Å²) in [5.41, 5.74) is 0.707. The number of nitrogens with zero attached hydrogens (tertiary/aromatic N) is 2. The monoisotopic (exact) mass is 356 g/mol. The number of carboxylic acids is 1. The molecule has 1 rings (SSSR count). The maximum Gasteiger partial charge on any atom is 0.323 e. The van der Waals surface area contributed by atoms with E-state index in [1.165, 1.54) is 11.8 Å². The molecule has 0 aromatic rings. The normalized spacial score (nSPS) is 18.4. The summed E-state index contributed by atoms with van der Waals surface area (Å²) in [5.74, 6) is -0.843. The van der Waals surface area contributed by atoms with Crippen LogP contribution in [0.3, 0.4) is 0 Å². The fourth-order valence-corrected chi connectivity index (χ4v) is 2.32. The highest BCUT2D eigenvalue weighted by molar-refractivity contribution is 14.0. The van der Waals surface area contributed by atoms with Gasteiger partial charge in [-0.25, -0.2) is 0 Å². The Balaban J connectivity index is 0.00000225. The summed E-state index contributed by atoms with van der Waals surface area (Å²) in [5, 5.41) is 9.56. The lowest BCUT2D eigenvalue weighted by Crippen LogP contribution is -2.38. The first-order valence-corrected chi connectivity index (χ1v) is 5.91. The molecular weight excluding hydrogens is 339 g/mol. The average molecular weight is 356 g/mol. The van der Waals surface area contributed by atoms with Crippen molar-refractivity contribution in [1.29, 1.82) is 0 Å². The van der Waals surface area contributed by atoms with Crippen LogP contribution in [-0.2, 0) is 4.79 Å². The number of thioether (sulfide) groups is 1. The fourth-order valence-electron chi connectivity index (χ4n) is 1.56. The average Bonchev–Trinajstić information content (AvgIpc) is 2.08. The van der Waals surface area contributed by atoms with Crippen molar-refractivity contribution in [2.24, 2.45) is 4.99 Å². The van der Waals surface area contributed by atoms with Gasteiger partial charge in [0.2, 0.25) is 0 Å². The number of aliphatic imine (C=N–C) groups is 1. The topological polar surface area (TPSA) is 52.9 Å². The van der Waals surface area contributed by atoms with Gasteiger partial charge in [0, 0.05) is 5.70 Å². The minimum absolute atomic E-state index is 0. The molecule has 0 aromatic carbocycles. The van der Waals surface area contributed by atoms with Crippen molar-refractivity contribution in [2.75, 3.05) is 12.8 Å². The van der Waals surface area contributed by atoms with Crippen LogP contribution in [-0.4, -0.2) is 39.5 Å². The molecule has 0 unspecified atom stereocenters. The highest BCUT2D eigenvalue weighted by atomic mass is 127. The number of carbonyl (C=O) groups is 1. The van der Waals surface area contributed by atoms with Crippen molar-refractivity contribution in [3.8, 4) is 0 Å². The maximum absolute atomic E-state index is 10.7. The third-order valence-electron chi connectivity index (χ3n) is 2.08. The summed E-state index contributed by atoms with van der Waals surface area (Å²) in [6.45, 7) is 5.89. The van der Waals surface area contributed by atoms with Gasteiger partial charge in [-0.2, -0.15) is 0 Å². The van der Waals surface area contributed by atoms with E-state index in [2.05, 4.69) is 4.99 Å². The second-order valence-corrected chi connectivity index (χ2v) is 4.79. The van der Waals surface area contributed by atoms with Crippen molar-refractivity contribution in [3.05, 3.63) is 11.8 Å². The third-order valence-corrected chi connectivity index (χ3v) is 2.76. The predicted octanol–water partition coefficient (Wildman–Crippen LogP) is 2.41. The molecule has 1 N–H and O–H groups in total. The van der Waals surface area contributed by atoms with Gasteiger partial charge < -0.3 is 10.0 Å². The minimum Gasteiger partial charge on any atom is -0.480 e. The van der Waals surface area contributed by atoms with Crippen LogP contribution in [0.15, 0.2) is 16.8 Å². The summed E-state index contributed by atoms with van der Waals surface area (Å²) in [7, 11) is 0. The Morgan fingerprint density at radius 3 is 2.62 bits per heavy atom. The summed E-state index contributed by atoms with van der Waals surface area (Å²) < 4.78 is 0. The minimum atomic E-state index is -0.843. The van der Waals surface area contributed by atoms with E-state index in [0.29, 0.717) is 0 Å². The first-order valence-electron chi connectivity index (χ1n) is 4.68. The Morgan fingerprint density at radius 2 is 2.19 bits per heavy atom. The number of rotatable bonds is 2. The summed E-state index contributed by atoms with van der Waals surface area (Å²) in [6.07, 6.45) is 3.89. The largest absolute Gasteiger partial charge is 0.480 e. The number of hydrogen-bond acceptors (Lipinski definition) is 4. The maximum atomic E-state index is 10.7. The van der Waals surface area contributed by atoms with Crippen molar-refractivity contribution in [1.82, 2.24) is 4.90 Å². The van der Waals surface area contributed by atoms with Crippen molar-refractivity contribution < 1.29 is 9.90 Å². The van der Waals surface area contributed by atoms with Gasteiger partial charge in [-0.15, -0.1) is 24.0 Å². The van der Waals surface area contributed by atoms with E-state index in [9.17, 15) is 4.79 Å². The molecule has 1 heterocycles. The zero-order valence-electron chi connectivity index (χ0n) is 9.85. The van der Waals surface area contributed by atoms with Gasteiger partial charge in [-0.3, -0.25) is 9.79 Å². The first kappa shape index (κ1) is 15.8. The van der Waals surface area contributed by atoms with E-state index in [1.54, 1.807) is 4.90 Å². The molecule has 0 fully saturated rings. The molecule has 92 valence electrons. The Kier molecular flexibility index (Phi) is 5.81. The molecule has 4 nitrogen and oxygen atoms in total. The van der Waals surface area contributed by atoms with Crippen molar-refractivity contribution >= 4 is 46.9 Å². The first-order chi connectivity index (χ1) is 6.85. The van der Waals surface area contributed by atoms with Gasteiger partial charge >= 0.3 is 5.97 Å². The second-order valence-electron chi connectivity index (χ2n) is 4.02. The smallest absolute Gasteiger partial charge is 0.323 e. The van der Waals surface area contributed by atoms with E-state index < -0.39 is 5.97 Å². The molecule has 16 heavy (non-hydrogen) atoms. The molecule has 1 aliphatic rings. The number of amidine groups is 1. The van der Waals surface area contributed by atoms with Gasteiger partial charge in [0.15, 0.2) is 5.17 Å². The van der Waals surface area contributed by atoms with Crippen LogP contribution in [0.25, 0.3) is 0 Å². The van der Waals surface area contributed by atoms with Gasteiger partial charge in [-0.1, -0.05) is 11.8 Å². The molecule has 0 bridgehead atoms. The van der Waals surface area contributed by atoms with Crippen LogP contribution in [0.4, 0.5) is 0 Å². The lowest BCUT2D eigenvalue weighted by molar-refractivity contribution is -0.137. The molecule has 0 saturated heterocycles. The summed E-state index contributed by atoms with van der Waals surface area (Å²) in [4.78, 5) is 16.9. The SMILES string of the molecule is CSC1=NC(C)(C)C=C(C)N1CC(=O)O.I. The standard InChI is InChI=1S/C10H16N2O2S.HI/c1-7-5-10(2,3)11-9(15-4)12(7)6-8(13)14;/h5H,6H2,1-4H3,(H,13,14);1H. The van der Waals surface area contributed by atoms with Gasteiger partial charge in [0.1, 0.15) is 6.54 Å². The lowest BCUT2D eigenvalue weighted by atomic mass is 10.0. The molecule has 0 aliphatic carbocycles. The summed E-state index contributed by atoms with van der Waals surface area (Å²) >= 11 is 1.47. The highest BCUT2D eigenvalue weighted by Gasteiger charge is 2.26. The quantitative estimate of drug-likeness (QED) is 0.772. The summed E-state index contributed by atoms with van der Waals surface area (Å²) in [6, 6.07) is 0. The van der Waals surface area contributed by atoms with E-state index in [-0.39, 0.29) is 36.1 Å². The number of allylic oxidation sites excluding steroid dienone is 1. The number of aliphatic carboxylic acids is 1. The highest BCUT2D eigenvalue weighted by Crippen LogP contribution is 2.25. The van der Waals surface area contributed by atoms with Gasteiger partial charge in [0.25, 0.3) is 0 Å². The Hall–Kier alpha value is -0.240. The lowest BCUT2D eigenvalue weighted by Gasteiger charge is -2.32. The van der Waals surface area contributed by atoms with Gasteiger partial charge in [0.05, 0.1) is 5.54 Å². The van der Waals surface area contributed by atoms with Gasteiger partial charge in [-0.05, 0) is 33.1 Å². The van der Waals surface area contributed by atoms with E-state index in [4.69, 9.17) is 5.11 Å². The van der Waals surface area contributed by atoms with E-state index in [0.717, 1.165) is 10.9 Å². The molecule has 0 saturated carbocycles. The molecule has 6 heteroatoms. The molecular formula is C10H17IN2O2S. The molecule has 0 atom stereocenters. The fraction of sp³-hybridized carbons (Fsp3) is 0.600. The molecule has 0 spiro atoms. The van der Waals surface area contributed by atoms with Crippen molar-refractivity contribution in [2.45, 2.75) is 26.3 Å². The van der Waals surface area contributed by atoms with Crippen LogP contribution in [0.1, 0.15) is 20.8 Å². The number of hydrogen-bond donors (Lipinski definition) is 1. The van der Waals surface area contributed by atoms with Crippen LogP contribution in [0.2, 0.25) is 0 Å². The zero-order chi connectivity index (χ0) is 11.6. The second kappa shape index (κ2) is 5.90. The molecule has 1 aliphatic heterocycles. The number of halogens is 1. The predicted molar refractivity (Wildman–Crippen MR) is 78.5 cm³/mol. The van der Waals surface area contributed by atoms with Crippen molar-refractivity contribution in [3.63, 3.8) is 0 Å². The van der Waals surface area contributed by atoms with E-state index in [1.807, 2.05) is 33.1 Å².